The van der Waals surface area contributed by atoms with Gasteiger partial charge in [-0.2, -0.15) is 8.42 Å². The maximum atomic E-state index is 13.1. The Bertz CT molecular complexity index is 1370. The third-order valence-corrected chi connectivity index (χ3v) is 5.82. The molecule has 0 bridgehead atoms. The molecule has 0 saturated carbocycles. The Morgan fingerprint density at radius 3 is 2.23 bits per heavy atom. The normalized spacial score (nSPS) is 13.3. The van der Waals surface area contributed by atoms with Crippen molar-refractivity contribution in [3.63, 3.8) is 0 Å². The van der Waals surface area contributed by atoms with Crippen LogP contribution in [0.25, 0.3) is 10.8 Å². The molecule has 0 atom stereocenters. The first-order valence-electron chi connectivity index (χ1n) is 8.58. The standard InChI is InChI=1S/C20H14N2O7S.K/c21-17-12-2-1-3-13-16(12)14(8-15(17)30(27,28)29)19(24)22(18(13)23)9-10-4-6-11(7-5-10)20(25)26;/h1-8H,9,21H2,(H,25,26)(H,27,28,29);/q;+1/p-1. The summed E-state index contributed by atoms with van der Waals surface area (Å²) >= 11 is 0. The van der Waals surface area contributed by atoms with E-state index in [1.165, 1.54) is 42.5 Å². The number of nitrogen functional groups attached to an aromatic ring is 1. The molecule has 152 valence electrons. The van der Waals surface area contributed by atoms with Crippen molar-refractivity contribution in [2.24, 2.45) is 0 Å². The molecule has 1 aliphatic rings. The number of anilines is 1. The summed E-state index contributed by atoms with van der Waals surface area (Å²) in [5, 5.41) is 11.3. The summed E-state index contributed by atoms with van der Waals surface area (Å²) < 4.78 is 33.0. The fraction of sp³-hybridized carbons (Fsp3) is 0.0500. The number of imide groups is 1. The van der Waals surface area contributed by atoms with Crippen molar-refractivity contribution in [3.8, 4) is 0 Å². The molecule has 0 aromatic heterocycles. The Morgan fingerprint density at radius 1 is 1.03 bits per heavy atom. The van der Waals surface area contributed by atoms with Crippen LogP contribution in [-0.2, 0) is 16.7 Å². The molecule has 11 heteroatoms. The molecule has 0 saturated heterocycles. The maximum absolute atomic E-state index is 13.1. The smallest absolute Gasteiger partial charge is 0.545 e. The summed E-state index contributed by atoms with van der Waals surface area (Å²) in [6.45, 7) is -0.174. The molecule has 2 amide bonds. The summed E-state index contributed by atoms with van der Waals surface area (Å²) in [4.78, 5) is 37.2. The molecule has 9 nitrogen and oxygen atoms in total. The molecule has 3 aromatic rings. The molecule has 1 heterocycles. The SMILES string of the molecule is Nc1c(S(=O)(=O)O)cc2c3c(cccc13)C(=O)N(Cc1ccc(C(=O)[O-])cc1)C2=O.[K+]. The molecule has 4 rings (SSSR count). The molecule has 0 fully saturated rings. The number of hydrogen-bond donors (Lipinski definition) is 2. The quantitative estimate of drug-likeness (QED) is 0.191. The maximum Gasteiger partial charge on any atom is 1.00 e. The van der Waals surface area contributed by atoms with E-state index in [9.17, 15) is 32.5 Å². The van der Waals surface area contributed by atoms with Crippen molar-refractivity contribution in [1.82, 2.24) is 4.90 Å². The number of aromatic carboxylic acids is 1. The van der Waals surface area contributed by atoms with E-state index in [0.29, 0.717) is 5.56 Å². The molecule has 0 aliphatic carbocycles. The zero-order valence-corrected chi connectivity index (χ0v) is 20.1. The van der Waals surface area contributed by atoms with Crippen molar-refractivity contribution >= 4 is 44.4 Å². The first-order chi connectivity index (χ1) is 14.1. The monoisotopic (exact) mass is 464 g/mol. The second-order valence-electron chi connectivity index (χ2n) is 6.72. The number of rotatable bonds is 4. The molecule has 31 heavy (non-hydrogen) atoms. The summed E-state index contributed by atoms with van der Waals surface area (Å²) in [6.07, 6.45) is 0. The van der Waals surface area contributed by atoms with Crippen LogP contribution in [0.4, 0.5) is 5.69 Å². The van der Waals surface area contributed by atoms with Crippen LogP contribution in [0.5, 0.6) is 0 Å². The summed E-state index contributed by atoms with van der Waals surface area (Å²) in [5.74, 6) is -2.73. The van der Waals surface area contributed by atoms with Gasteiger partial charge < -0.3 is 15.6 Å². The minimum absolute atomic E-state index is 0. The van der Waals surface area contributed by atoms with E-state index in [2.05, 4.69) is 0 Å². The van der Waals surface area contributed by atoms with Gasteiger partial charge in [-0.15, -0.1) is 0 Å². The van der Waals surface area contributed by atoms with Crippen molar-refractivity contribution < 1.29 is 83.8 Å². The van der Waals surface area contributed by atoms with Crippen molar-refractivity contribution in [2.75, 3.05) is 5.73 Å². The number of nitrogens with two attached hydrogens (primary N) is 1. The molecular formula is C20H13KN2O7S. The van der Waals surface area contributed by atoms with E-state index in [1.807, 2.05) is 0 Å². The Balaban J connectivity index is 0.00000272. The second kappa shape index (κ2) is 8.43. The molecule has 3 aromatic carbocycles. The number of carboxylic acid groups (broad SMARTS) is 1. The van der Waals surface area contributed by atoms with Gasteiger partial charge in [0.1, 0.15) is 4.90 Å². The first kappa shape index (κ1) is 23.5. The largest absolute Gasteiger partial charge is 1.00 e. The van der Waals surface area contributed by atoms with E-state index in [0.717, 1.165) is 11.0 Å². The Hall–Kier alpha value is -2.12. The molecule has 0 spiro atoms. The van der Waals surface area contributed by atoms with Crippen molar-refractivity contribution in [2.45, 2.75) is 11.4 Å². The Kier molecular flexibility index (Phi) is 6.40. The minimum atomic E-state index is -4.71. The van der Waals surface area contributed by atoms with Crippen LogP contribution >= 0.6 is 0 Å². The molecule has 3 N–H and O–H groups in total. The van der Waals surface area contributed by atoms with Gasteiger partial charge in [0.05, 0.1) is 23.8 Å². The number of benzene rings is 3. The van der Waals surface area contributed by atoms with E-state index in [1.54, 1.807) is 0 Å². The third-order valence-electron chi connectivity index (χ3n) is 4.92. The molecule has 1 aliphatic heterocycles. The van der Waals surface area contributed by atoms with Gasteiger partial charge in [-0.05, 0) is 23.3 Å². The second-order valence-corrected chi connectivity index (χ2v) is 8.11. The predicted molar refractivity (Wildman–Crippen MR) is 103 cm³/mol. The average molecular weight is 464 g/mol. The van der Waals surface area contributed by atoms with Gasteiger partial charge in [0.25, 0.3) is 21.9 Å². The van der Waals surface area contributed by atoms with Crippen molar-refractivity contribution in [3.05, 3.63) is 70.8 Å². The van der Waals surface area contributed by atoms with Gasteiger partial charge in [0.2, 0.25) is 0 Å². The molecular weight excluding hydrogens is 451 g/mol. The van der Waals surface area contributed by atoms with Gasteiger partial charge >= 0.3 is 51.4 Å². The number of carboxylic acids is 1. The van der Waals surface area contributed by atoms with Gasteiger partial charge in [-0.1, -0.05) is 36.4 Å². The summed E-state index contributed by atoms with van der Waals surface area (Å²) in [6, 6.07) is 10.8. The number of hydrogen-bond acceptors (Lipinski definition) is 7. The van der Waals surface area contributed by atoms with Crippen LogP contribution in [0.2, 0.25) is 0 Å². The number of amides is 2. The molecule has 0 radical (unpaired) electrons. The average Bonchev–Trinajstić information content (AvgIpc) is 2.69. The Morgan fingerprint density at radius 2 is 1.65 bits per heavy atom. The van der Waals surface area contributed by atoms with E-state index < -0.39 is 32.8 Å². The van der Waals surface area contributed by atoms with Gasteiger partial charge in [0, 0.05) is 16.3 Å². The minimum Gasteiger partial charge on any atom is -0.545 e. The van der Waals surface area contributed by atoms with Crippen molar-refractivity contribution in [1.29, 1.82) is 0 Å². The topological polar surface area (TPSA) is 158 Å². The van der Waals surface area contributed by atoms with E-state index >= 15 is 0 Å². The van der Waals surface area contributed by atoms with Crippen LogP contribution in [0.3, 0.4) is 0 Å². The zero-order valence-electron chi connectivity index (χ0n) is 16.2. The van der Waals surface area contributed by atoms with E-state index in [4.69, 9.17) is 5.73 Å². The number of carbonyl (C=O) groups is 3. The summed E-state index contributed by atoms with van der Waals surface area (Å²) in [7, 11) is -4.71. The van der Waals surface area contributed by atoms with Crippen LogP contribution < -0.4 is 62.2 Å². The van der Waals surface area contributed by atoms with Crippen LogP contribution in [0.15, 0.2) is 53.4 Å². The van der Waals surface area contributed by atoms with E-state index in [-0.39, 0.29) is 91.1 Å². The zero-order chi connectivity index (χ0) is 21.8. The van der Waals surface area contributed by atoms with Crippen LogP contribution in [0.1, 0.15) is 36.6 Å². The third kappa shape index (κ3) is 4.05. The van der Waals surface area contributed by atoms with Gasteiger partial charge in [-0.3, -0.25) is 19.0 Å². The first-order valence-corrected chi connectivity index (χ1v) is 10.0. The van der Waals surface area contributed by atoms with Gasteiger partial charge in [-0.25, -0.2) is 0 Å². The number of nitrogens with zero attached hydrogens (tertiary/aromatic N) is 1. The number of carbonyl (C=O) groups excluding carboxylic acids is 3. The Labute approximate surface area is 219 Å². The van der Waals surface area contributed by atoms with Gasteiger partial charge in [0.15, 0.2) is 0 Å². The van der Waals surface area contributed by atoms with Crippen LogP contribution in [-0.4, -0.2) is 35.7 Å². The van der Waals surface area contributed by atoms with Crippen LogP contribution in [0, 0.1) is 0 Å². The fourth-order valence-electron chi connectivity index (χ4n) is 3.50. The predicted octanol–water partition coefficient (Wildman–Crippen LogP) is -2.17. The fourth-order valence-corrected chi connectivity index (χ4v) is 4.15. The summed E-state index contributed by atoms with van der Waals surface area (Å²) in [5.41, 5.74) is 6.10. The molecule has 0 unspecified atom stereocenters.